The van der Waals surface area contributed by atoms with E-state index in [0.29, 0.717) is 32.0 Å². The van der Waals surface area contributed by atoms with Crippen LogP contribution in [0.4, 0.5) is 5.69 Å². The Morgan fingerprint density at radius 3 is 2.90 bits per heavy atom. The minimum absolute atomic E-state index is 0.0739. The number of hydrogen-bond acceptors (Lipinski definition) is 4. The second kappa shape index (κ2) is 7.37. The molecule has 0 aliphatic heterocycles. The lowest BCUT2D eigenvalue weighted by atomic mass is 10.4. The maximum Gasteiger partial charge on any atom is 0.226 e. The average molecular weight is 356 g/mol. The number of carbonyl (C=O) groups excluding carboxylic acids is 1. The Balaban J connectivity index is 1.80. The van der Waals surface area contributed by atoms with Gasteiger partial charge in [0.15, 0.2) is 0 Å². The van der Waals surface area contributed by atoms with E-state index in [2.05, 4.69) is 31.4 Å². The van der Waals surface area contributed by atoms with Gasteiger partial charge in [0.1, 0.15) is 6.73 Å². The molecule has 8 heteroatoms. The maximum absolute atomic E-state index is 11.9. The first-order valence-corrected chi connectivity index (χ1v) is 7.47. The summed E-state index contributed by atoms with van der Waals surface area (Å²) >= 11 is 3.39. The number of halogens is 1. The van der Waals surface area contributed by atoms with E-state index < -0.39 is 0 Å². The van der Waals surface area contributed by atoms with Crippen molar-refractivity contribution in [1.29, 1.82) is 0 Å². The number of hydrogen-bond donors (Lipinski definition) is 1. The lowest BCUT2D eigenvalue weighted by Gasteiger charge is -2.03. The van der Waals surface area contributed by atoms with E-state index in [4.69, 9.17) is 4.74 Å². The molecule has 1 amide bonds. The molecule has 7 nitrogen and oxygen atoms in total. The van der Waals surface area contributed by atoms with Gasteiger partial charge in [0.2, 0.25) is 5.91 Å². The molecule has 0 bridgehead atoms. The predicted molar refractivity (Wildman–Crippen MR) is 81.8 cm³/mol. The molecule has 0 aliphatic rings. The molecule has 0 aliphatic carbocycles. The van der Waals surface area contributed by atoms with Crippen molar-refractivity contribution in [3.8, 4) is 0 Å². The van der Waals surface area contributed by atoms with Gasteiger partial charge in [-0.2, -0.15) is 10.2 Å². The van der Waals surface area contributed by atoms with Crippen molar-refractivity contribution in [1.82, 2.24) is 19.6 Å². The van der Waals surface area contributed by atoms with E-state index in [0.717, 1.165) is 10.2 Å². The number of ether oxygens (including phenoxy) is 1. The summed E-state index contributed by atoms with van der Waals surface area (Å²) in [6.07, 6.45) is 5.56. The van der Waals surface area contributed by atoms with Crippen LogP contribution in [0.1, 0.15) is 19.0 Å². The number of nitrogens with zero attached hydrogens (tertiary/aromatic N) is 4. The van der Waals surface area contributed by atoms with Crippen molar-refractivity contribution in [3.05, 3.63) is 28.8 Å². The maximum atomic E-state index is 11.9. The second-order valence-electron chi connectivity index (χ2n) is 4.51. The Kier molecular flexibility index (Phi) is 5.51. The van der Waals surface area contributed by atoms with Crippen LogP contribution in [0, 0.1) is 6.92 Å². The van der Waals surface area contributed by atoms with Crippen LogP contribution in [0.2, 0.25) is 0 Å². The number of aromatic nitrogens is 4. The van der Waals surface area contributed by atoms with E-state index in [9.17, 15) is 4.79 Å². The van der Waals surface area contributed by atoms with Crippen LogP contribution in [0.25, 0.3) is 0 Å². The molecule has 0 saturated carbocycles. The van der Waals surface area contributed by atoms with Gasteiger partial charge in [0.25, 0.3) is 0 Å². The fourth-order valence-electron chi connectivity index (χ4n) is 1.73. The number of aryl methyl sites for hydroxylation is 2. The zero-order valence-corrected chi connectivity index (χ0v) is 13.6. The summed E-state index contributed by atoms with van der Waals surface area (Å²) < 4.78 is 9.55. The molecule has 0 fully saturated rings. The van der Waals surface area contributed by atoms with Crippen LogP contribution in [-0.2, 0) is 22.8 Å². The highest BCUT2D eigenvalue weighted by atomic mass is 79.9. The molecule has 2 aromatic heterocycles. The SMILES string of the molecule is CCOCn1cc(NC(=O)CCn2cc(Br)c(C)n2)cn1. The molecule has 2 rings (SSSR count). The van der Waals surface area contributed by atoms with Crippen molar-refractivity contribution < 1.29 is 9.53 Å². The van der Waals surface area contributed by atoms with Crippen LogP contribution in [0.15, 0.2) is 23.1 Å². The van der Waals surface area contributed by atoms with E-state index in [-0.39, 0.29) is 5.91 Å². The molecular formula is C13H18BrN5O2. The van der Waals surface area contributed by atoms with Crippen molar-refractivity contribution in [2.24, 2.45) is 0 Å². The molecule has 114 valence electrons. The monoisotopic (exact) mass is 355 g/mol. The molecule has 0 saturated heterocycles. The van der Waals surface area contributed by atoms with E-state index >= 15 is 0 Å². The van der Waals surface area contributed by atoms with Crippen LogP contribution < -0.4 is 5.32 Å². The van der Waals surface area contributed by atoms with E-state index in [1.165, 1.54) is 0 Å². The third-order valence-electron chi connectivity index (χ3n) is 2.80. The third kappa shape index (κ3) is 4.68. The molecule has 21 heavy (non-hydrogen) atoms. The Morgan fingerprint density at radius 1 is 1.43 bits per heavy atom. The van der Waals surface area contributed by atoms with Gasteiger partial charge >= 0.3 is 0 Å². The first-order chi connectivity index (χ1) is 10.1. The number of amides is 1. The number of rotatable bonds is 7. The highest BCUT2D eigenvalue weighted by molar-refractivity contribution is 9.10. The van der Waals surface area contributed by atoms with Crippen LogP contribution in [0.3, 0.4) is 0 Å². The van der Waals surface area contributed by atoms with Gasteiger partial charge in [0, 0.05) is 25.8 Å². The summed E-state index contributed by atoms with van der Waals surface area (Å²) in [5.74, 6) is -0.0739. The predicted octanol–water partition coefficient (Wildman–Crippen LogP) is 2.17. The van der Waals surface area contributed by atoms with Gasteiger partial charge < -0.3 is 10.1 Å². The minimum Gasteiger partial charge on any atom is -0.360 e. The second-order valence-corrected chi connectivity index (χ2v) is 5.37. The standard InChI is InChI=1S/C13H18BrN5O2/c1-3-21-9-19-7-11(6-15-19)16-13(20)4-5-18-8-12(14)10(2)17-18/h6-8H,3-5,9H2,1-2H3,(H,16,20). The largest absolute Gasteiger partial charge is 0.360 e. The Morgan fingerprint density at radius 2 is 2.24 bits per heavy atom. The molecule has 0 unspecified atom stereocenters. The third-order valence-corrected chi connectivity index (χ3v) is 3.58. The highest BCUT2D eigenvalue weighted by Gasteiger charge is 2.07. The molecule has 0 atom stereocenters. The summed E-state index contributed by atoms with van der Waals surface area (Å²) in [6, 6.07) is 0. The van der Waals surface area contributed by atoms with Crippen molar-refractivity contribution in [2.45, 2.75) is 33.5 Å². The minimum atomic E-state index is -0.0739. The quantitative estimate of drug-likeness (QED) is 0.825. The number of anilines is 1. The Labute approximate surface area is 131 Å². The van der Waals surface area contributed by atoms with Gasteiger partial charge in [0.05, 0.1) is 28.2 Å². The van der Waals surface area contributed by atoms with Gasteiger partial charge in [-0.1, -0.05) is 0 Å². The van der Waals surface area contributed by atoms with Crippen LogP contribution in [-0.4, -0.2) is 32.1 Å². The van der Waals surface area contributed by atoms with Crippen molar-refractivity contribution in [2.75, 3.05) is 11.9 Å². The molecule has 2 heterocycles. The normalized spacial score (nSPS) is 10.8. The fourth-order valence-corrected chi connectivity index (χ4v) is 2.05. The molecule has 0 spiro atoms. The first-order valence-electron chi connectivity index (χ1n) is 6.68. The van der Waals surface area contributed by atoms with Crippen LogP contribution >= 0.6 is 15.9 Å². The summed E-state index contributed by atoms with van der Waals surface area (Å²) in [5, 5.41) is 11.2. The Bertz CT molecular complexity index is 588. The van der Waals surface area contributed by atoms with Crippen LogP contribution in [0.5, 0.6) is 0 Å². The summed E-state index contributed by atoms with van der Waals surface area (Å²) in [4.78, 5) is 11.9. The zero-order chi connectivity index (χ0) is 15.2. The summed E-state index contributed by atoms with van der Waals surface area (Å²) in [7, 11) is 0. The van der Waals surface area contributed by atoms with E-state index in [1.807, 2.05) is 20.0 Å². The zero-order valence-electron chi connectivity index (χ0n) is 12.0. The van der Waals surface area contributed by atoms with E-state index in [1.54, 1.807) is 21.8 Å². The van der Waals surface area contributed by atoms with Crippen molar-refractivity contribution in [3.63, 3.8) is 0 Å². The highest BCUT2D eigenvalue weighted by Crippen LogP contribution is 2.13. The molecule has 1 N–H and O–H groups in total. The number of carbonyl (C=O) groups is 1. The molecule has 0 radical (unpaired) electrons. The molecule has 0 aromatic carbocycles. The van der Waals surface area contributed by atoms with Gasteiger partial charge in [-0.05, 0) is 29.8 Å². The van der Waals surface area contributed by atoms with Gasteiger partial charge in [-0.25, -0.2) is 4.68 Å². The van der Waals surface area contributed by atoms with Gasteiger partial charge in [-0.15, -0.1) is 0 Å². The molecule has 2 aromatic rings. The lowest BCUT2D eigenvalue weighted by molar-refractivity contribution is -0.116. The molecular weight excluding hydrogens is 338 g/mol. The van der Waals surface area contributed by atoms with Gasteiger partial charge in [-0.3, -0.25) is 9.48 Å². The van der Waals surface area contributed by atoms with Crippen molar-refractivity contribution >= 4 is 27.5 Å². The summed E-state index contributed by atoms with van der Waals surface area (Å²) in [5.41, 5.74) is 1.57. The fraction of sp³-hybridized carbons (Fsp3) is 0.462. The smallest absolute Gasteiger partial charge is 0.226 e. The lowest BCUT2D eigenvalue weighted by Crippen LogP contribution is -2.14. The average Bonchev–Trinajstić information content (AvgIpc) is 3.02. The Hall–Kier alpha value is -1.67. The summed E-state index contributed by atoms with van der Waals surface area (Å²) in [6.45, 7) is 5.37. The topological polar surface area (TPSA) is 74.0 Å². The first kappa shape index (κ1) is 15.7. The number of nitrogens with one attached hydrogen (secondary N) is 1.